The predicted octanol–water partition coefficient (Wildman–Crippen LogP) is 3.77. The molecule has 1 aliphatic heterocycles. The highest BCUT2D eigenvalue weighted by molar-refractivity contribution is 5.78. The van der Waals surface area contributed by atoms with Crippen molar-refractivity contribution in [1.29, 1.82) is 0 Å². The lowest BCUT2D eigenvalue weighted by Gasteiger charge is -2.21. The van der Waals surface area contributed by atoms with Crippen LogP contribution in [0.15, 0.2) is 36.8 Å². The molecule has 130 valence electrons. The van der Waals surface area contributed by atoms with E-state index in [0.717, 1.165) is 35.1 Å². The van der Waals surface area contributed by atoms with Crippen molar-refractivity contribution in [2.75, 3.05) is 0 Å². The summed E-state index contributed by atoms with van der Waals surface area (Å²) in [4.78, 5) is 8.65. The third-order valence-electron chi connectivity index (χ3n) is 5.27. The highest BCUT2D eigenvalue weighted by atomic mass is 16.5. The van der Waals surface area contributed by atoms with Gasteiger partial charge < -0.3 is 14.4 Å². The number of aryl methyl sites for hydroxylation is 3. The van der Waals surface area contributed by atoms with Crippen molar-refractivity contribution in [2.45, 2.75) is 52.0 Å². The molecule has 1 saturated heterocycles. The minimum atomic E-state index is -0.609. The van der Waals surface area contributed by atoms with E-state index >= 15 is 0 Å². The molecule has 3 unspecified atom stereocenters. The Morgan fingerprint density at radius 1 is 1.12 bits per heavy atom. The van der Waals surface area contributed by atoms with E-state index < -0.39 is 6.10 Å². The zero-order valence-corrected chi connectivity index (χ0v) is 14.8. The number of benzene rings is 1. The summed E-state index contributed by atoms with van der Waals surface area (Å²) in [5.74, 6) is 0. The topological polar surface area (TPSA) is 60.2 Å². The van der Waals surface area contributed by atoms with Crippen molar-refractivity contribution >= 4 is 11.0 Å². The number of rotatable bonds is 3. The zero-order chi connectivity index (χ0) is 17.6. The van der Waals surface area contributed by atoms with Gasteiger partial charge >= 0.3 is 0 Å². The highest BCUT2D eigenvalue weighted by Crippen LogP contribution is 2.37. The van der Waals surface area contributed by atoms with Gasteiger partial charge in [-0.3, -0.25) is 0 Å². The summed E-state index contributed by atoms with van der Waals surface area (Å²) < 4.78 is 8.25. The maximum absolute atomic E-state index is 10.7. The fraction of sp³-hybridized carbons (Fsp3) is 0.400. The fourth-order valence-corrected chi connectivity index (χ4v) is 3.57. The summed E-state index contributed by atoms with van der Waals surface area (Å²) in [5.41, 5.74) is 5.20. The second-order valence-corrected chi connectivity index (χ2v) is 6.91. The Balaban J connectivity index is 1.56. The molecule has 1 aromatic carbocycles. The molecule has 0 amide bonds. The summed E-state index contributed by atoms with van der Waals surface area (Å²) in [6, 6.07) is 8.13. The van der Waals surface area contributed by atoms with Gasteiger partial charge in [-0.25, -0.2) is 9.97 Å². The van der Waals surface area contributed by atoms with Crippen molar-refractivity contribution in [1.82, 2.24) is 14.5 Å². The summed E-state index contributed by atoms with van der Waals surface area (Å²) >= 11 is 0. The maximum atomic E-state index is 10.7. The third kappa shape index (κ3) is 2.83. The summed E-state index contributed by atoms with van der Waals surface area (Å²) in [5, 5.41) is 11.8. The quantitative estimate of drug-likeness (QED) is 0.790. The third-order valence-corrected chi connectivity index (χ3v) is 5.27. The van der Waals surface area contributed by atoms with Gasteiger partial charge in [-0.15, -0.1) is 0 Å². The second kappa shape index (κ2) is 6.24. The molecule has 1 fully saturated rings. The van der Waals surface area contributed by atoms with Gasteiger partial charge in [0, 0.05) is 11.6 Å². The molecule has 0 saturated carbocycles. The number of aliphatic hydroxyl groups excluding tert-OH is 1. The monoisotopic (exact) mass is 337 g/mol. The van der Waals surface area contributed by atoms with Crippen LogP contribution in [0.25, 0.3) is 11.0 Å². The first-order chi connectivity index (χ1) is 12.0. The van der Waals surface area contributed by atoms with Gasteiger partial charge in [0.1, 0.15) is 24.3 Å². The predicted molar refractivity (Wildman–Crippen MR) is 96.3 cm³/mol. The molecule has 4 rings (SSSR count). The number of aromatic nitrogens is 3. The first kappa shape index (κ1) is 16.2. The van der Waals surface area contributed by atoms with Crippen molar-refractivity contribution in [2.24, 2.45) is 0 Å². The van der Waals surface area contributed by atoms with Crippen molar-refractivity contribution < 1.29 is 9.84 Å². The molecule has 3 atom stereocenters. The summed E-state index contributed by atoms with van der Waals surface area (Å²) in [6.07, 6.45) is 4.36. The smallest absolute Gasteiger partial charge is 0.145 e. The van der Waals surface area contributed by atoms with Crippen LogP contribution in [0.2, 0.25) is 0 Å². The van der Waals surface area contributed by atoms with E-state index in [1.807, 2.05) is 25.3 Å². The number of aliphatic hydroxyl groups is 1. The molecule has 25 heavy (non-hydrogen) atoms. The minimum Gasteiger partial charge on any atom is -0.386 e. The van der Waals surface area contributed by atoms with E-state index in [4.69, 9.17) is 4.74 Å². The molecule has 3 aromatic rings. The van der Waals surface area contributed by atoms with Crippen LogP contribution in [0.1, 0.15) is 47.6 Å². The molecule has 2 aromatic heterocycles. The molecule has 3 heterocycles. The molecule has 0 bridgehead atoms. The summed E-state index contributed by atoms with van der Waals surface area (Å²) in [6.45, 7) is 6.13. The average molecular weight is 337 g/mol. The van der Waals surface area contributed by atoms with Crippen LogP contribution in [-0.2, 0) is 4.74 Å². The number of hydrogen-bond donors (Lipinski definition) is 1. The Labute approximate surface area is 147 Å². The SMILES string of the molecule is Cc1ccc(C(O)C2CCC(n3ccc4c(C)ncnc43)O2)cc1C. The van der Waals surface area contributed by atoms with Gasteiger partial charge in [-0.05, 0) is 56.4 Å². The van der Waals surface area contributed by atoms with Crippen molar-refractivity contribution in [3.8, 4) is 0 Å². The Hall–Kier alpha value is -2.24. The van der Waals surface area contributed by atoms with Gasteiger partial charge in [0.15, 0.2) is 0 Å². The van der Waals surface area contributed by atoms with Gasteiger partial charge in [-0.1, -0.05) is 18.2 Å². The Bertz CT molecular complexity index is 918. The highest BCUT2D eigenvalue weighted by Gasteiger charge is 2.33. The van der Waals surface area contributed by atoms with E-state index in [2.05, 4.69) is 40.5 Å². The molecule has 5 nitrogen and oxygen atoms in total. The molecule has 5 heteroatoms. The average Bonchev–Trinajstić information content (AvgIpc) is 3.24. The number of hydrogen-bond acceptors (Lipinski definition) is 4. The Morgan fingerprint density at radius 2 is 1.96 bits per heavy atom. The molecule has 1 N–H and O–H groups in total. The molecular formula is C20H23N3O2. The lowest BCUT2D eigenvalue weighted by Crippen LogP contribution is -2.19. The lowest BCUT2D eigenvalue weighted by molar-refractivity contribution is -0.0590. The van der Waals surface area contributed by atoms with Crippen LogP contribution < -0.4 is 0 Å². The molecule has 1 aliphatic rings. The minimum absolute atomic E-state index is 0.0991. The van der Waals surface area contributed by atoms with E-state index in [9.17, 15) is 5.11 Å². The van der Waals surface area contributed by atoms with Crippen LogP contribution >= 0.6 is 0 Å². The number of fused-ring (bicyclic) bond motifs is 1. The normalized spacial score (nSPS) is 21.8. The van der Waals surface area contributed by atoms with E-state index in [1.54, 1.807) is 6.33 Å². The van der Waals surface area contributed by atoms with Gasteiger partial charge in [0.25, 0.3) is 0 Å². The van der Waals surface area contributed by atoms with Crippen LogP contribution in [-0.4, -0.2) is 25.7 Å². The molecule has 0 aliphatic carbocycles. The Kier molecular flexibility index (Phi) is 4.06. The van der Waals surface area contributed by atoms with Gasteiger partial charge in [0.2, 0.25) is 0 Å². The van der Waals surface area contributed by atoms with Crippen LogP contribution in [0.4, 0.5) is 0 Å². The molecular weight excluding hydrogens is 314 g/mol. The number of ether oxygens (including phenoxy) is 1. The number of nitrogens with zero attached hydrogens (tertiary/aromatic N) is 3. The van der Waals surface area contributed by atoms with E-state index in [1.165, 1.54) is 11.1 Å². The molecule has 0 radical (unpaired) electrons. The zero-order valence-electron chi connectivity index (χ0n) is 14.8. The fourth-order valence-electron chi connectivity index (χ4n) is 3.57. The largest absolute Gasteiger partial charge is 0.386 e. The molecule has 0 spiro atoms. The first-order valence-corrected chi connectivity index (χ1v) is 8.73. The van der Waals surface area contributed by atoms with E-state index in [0.29, 0.717) is 0 Å². The lowest BCUT2D eigenvalue weighted by atomic mass is 9.98. The van der Waals surface area contributed by atoms with Crippen LogP contribution in [0.3, 0.4) is 0 Å². The van der Waals surface area contributed by atoms with Gasteiger partial charge in [-0.2, -0.15) is 0 Å². The van der Waals surface area contributed by atoms with Gasteiger partial charge in [0.05, 0.1) is 11.8 Å². The maximum Gasteiger partial charge on any atom is 0.145 e. The van der Waals surface area contributed by atoms with Crippen LogP contribution in [0, 0.1) is 20.8 Å². The van der Waals surface area contributed by atoms with Crippen molar-refractivity contribution in [3.63, 3.8) is 0 Å². The van der Waals surface area contributed by atoms with Crippen LogP contribution in [0.5, 0.6) is 0 Å². The standard InChI is InChI=1S/C20H23N3O2/c1-12-4-5-15(10-13(12)2)19(24)17-6-7-18(25-17)23-9-8-16-14(3)21-11-22-20(16)23/h4-5,8-11,17-19,24H,6-7H2,1-3H3. The van der Waals surface area contributed by atoms with Crippen molar-refractivity contribution in [3.05, 3.63) is 59.2 Å². The Morgan fingerprint density at radius 3 is 2.76 bits per heavy atom. The summed E-state index contributed by atoms with van der Waals surface area (Å²) in [7, 11) is 0. The van der Waals surface area contributed by atoms with E-state index in [-0.39, 0.29) is 12.3 Å². The first-order valence-electron chi connectivity index (χ1n) is 8.73. The second-order valence-electron chi connectivity index (χ2n) is 6.91.